The predicted octanol–water partition coefficient (Wildman–Crippen LogP) is 5.47. The first-order chi connectivity index (χ1) is 18.3. The summed E-state index contributed by atoms with van der Waals surface area (Å²) in [4.78, 5) is 52.1. The van der Waals surface area contributed by atoms with Crippen LogP contribution in [0.25, 0.3) is 0 Å². The van der Waals surface area contributed by atoms with Gasteiger partial charge in [0.1, 0.15) is 16.5 Å². The first-order valence-corrected chi connectivity index (χ1v) is 12.4. The molecule has 0 aliphatic carbocycles. The van der Waals surface area contributed by atoms with Gasteiger partial charge in [0.2, 0.25) is 0 Å². The quantitative estimate of drug-likeness (QED) is 0.221. The van der Waals surface area contributed by atoms with E-state index in [4.69, 9.17) is 21.1 Å². The lowest BCUT2D eigenvalue weighted by Crippen LogP contribution is -2.33. The molecule has 1 aliphatic heterocycles. The van der Waals surface area contributed by atoms with E-state index < -0.39 is 23.8 Å². The van der Waals surface area contributed by atoms with Crippen LogP contribution in [0.15, 0.2) is 83.5 Å². The van der Waals surface area contributed by atoms with E-state index in [2.05, 4.69) is 5.32 Å². The van der Waals surface area contributed by atoms with Gasteiger partial charge < -0.3 is 14.8 Å². The third-order valence-electron chi connectivity index (χ3n) is 5.78. The fraction of sp³-hybridized carbons (Fsp3) is 0.172. The molecule has 8 nitrogen and oxygen atoms in total. The number of benzene rings is 3. The average Bonchev–Trinajstić information content (AvgIpc) is 3.15. The number of carbonyl (C=O) groups is 4. The zero-order valence-electron chi connectivity index (χ0n) is 20.8. The molecule has 1 aliphatic rings. The van der Waals surface area contributed by atoms with Gasteiger partial charge in [-0.15, -0.1) is 0 Å². The number of imide groups is 1. The molecule has 0 spiro atoms. The van der Waals surface area contributed by atoms with E-state index in [1.807, 2.05) is 26.0 Å². The summed E-state index contributed by atoms with van der Waals surface area (Å²) < 4.78 is 10.7. The molecule has 9 heteroatoms. The molecular weight excluding hydrogens is 508 g/mol. The number of halogens is 1. The molecule has 0 unspecified atom stereocenters. The van der Waals surface area contributed by atoms with E-state index in [0.717, 1.165) is 16.9 Å². The number of rotatable bonds is 9. The summed E-state index contributed by atoms with van der Waals surface area (Å²) in [5, 5.41) is 2.53. The van der Waals surface area contributed by atoms with Crippen LogP contribution in [0.1, 0.15) is 46.5 Å². The topological polar surface area (TPSA) is 102 Å². The zero-order valence-corrected chi connectivity index (χ0v) is 21.6. The number of hydrogen-bond acceptors (Lipinski definition) is 7. The highest BCUT2D eigenvalue weighted by molar-refractivity contribution is 6.53. The summed E-state index contributed by atoms with van der Waals surface area (Å²) in [7, 11) is 0. The minimum Gasteiger partial charge on any atom is -0.462 e. The Labute approximate surface area is 224 Å². The van der Waals surface area contributed by atoms with E-state index in [1.54, 1.807) is 36.4 Å². The number of nitrogens with zero attached hydrogens (tertiary/aromatic N) is 1. The van der Waals surface area contributed by atoms with Crippen molar-refractivity contribution in [2.45, 2.75) is 26.7 Å². The number of para-hydroxylation sites is 2. The van der Waals surface area contributed by atoms with Crippen LogP contribution in [0.4, 0.5) is 11.4 Å². The van der Waals surface area contributed by atoms with Crippen molar-refractivity contribution in [3.8, 4) is 5.75 Å². The lowest BCUT2D eigenvalue weighted by molar-refractivity contribution is -0.120. The minimum atomic E-state index is -0.773. The maximum absolute atomic E-state index is 13.2. The molecule has 1 N–H and O–H groups in total. The molecule has 2 amide bonds. The van der Waals surface area contributed by atoms with Crippen LogP contribution < -0.4 is 15.0 Å². The van der Waals surface area contributed by atoms with Crippen LogP contribution in [-0.2, 0) is 20.7 Å². The Morgan fingerprint density at radius 3 is 2.26 bits per heavy atom. The van der Waals surface area contributed by atoms with Crippen LogP contribution in [0, 0.1) is 0 Å². The smallest absolute Gasteiger partial charge is 0.343 e. The Balaban J connectivity index is 1.50. The van der Waals surface area contributed by atoms with Crippen molar-refractivity contribution < 1.29 is 28.7 Å². The predicted molar refractivity (Wildman–Crippen MR) is 143 cm³/mol. The second-order valence-corrected chi connectivity index (χ2v) is 8.72. The number of aryl methyl sites for hydroxylation is 1. The highest BCUT2D eigenvalue weighted by Gasteiger charge is 2.40. The second-order valence-electron chi connectivity index (χ2n) is 8.34. The van der Waals surface area contributed by atoms with E-state index in [9.17, 15) is 19.2 Å². The fourth-order valence-corrected chi connectivity index (χ4v) is 4.04. The monoisotopic (exact) mass is 532 g/mol. The summed E-state index contributed by atoms with van der Waals surface area (Å²) in [6.07, 6.45) is 1.34. The maximum atomic E-state index is 13.2. The van der Waals surface area contributed by atoms with Crippen molar-refractivity contribution in [2.75, 3.05) is 16.8 Å². The van der Waals surface area contributed by atoms with Crippen LogP contribution in [0.3, 0.4) is 0 Å². The van der Waals surface area contributed by atoms with E-state index >= 15 is 0 Å². The van der Waals surface area contributed by atoms with Gasteiger partial charge >= 0.3 is 11.9 Å². The average molecular weight is 533 g/mol. The number of ether oxygens (including phenoxy) is 2. The summed E-state index contributed by atoms with van der Waals surface area (Å²) in [6, 6.07) is 19.7. The zero-order chi connectivity index (χ0) is 27.2. The number of amides is 2. The van der Waals surface area contributed by atoms with Crippen molar-refractivity contribution in [2.24, 2.45) is 0 Å². The van der Waals surface area contributed by atoms with Crippen LogP contribution in [-0.4, -0.2) is 30.4 Å². The van der Waals surface area contributed by atoms with Gasteiger partial charge in [-0.3, -0.25) is 9.59 Å². The van der Waals surface area contributed by atoms with Gasteiger partial charge in [-0.25, -0.2) is 14.5 Å². The summed E-state index contributed by atoms with van der Waals surface area (Å²) in [5.74, 6) is -2.18. The highest BCUT2D eigenvalue weighted by atomic mass is 35.5. The van der Waals surface area contributed by atoms with Gasteiger partial charge in [-0.05, 0) is 60.9 Å². The Morgan fingerprint density at radius 2 is 1.55 bits per heavy atom. The van der Waals surface area contributed by atoms with Crippen LogP contribution in [0.2, 0.25) is 0 Å². The van der Waals surface area contributed by atoms with Crippen molar-refractivity contribution >= 4 is 46.7 Å². The molecular formula is C29H25ClN2O6. The van der Waals surface area contributed by atoms with Crippen molar-refractivity contribution in [3.63, 3.8) is 0 Å². The van der Waals surface area contributed by atoms with Gasteiger partial charge in [-0.2, -0.15) is 0 Å². The lowest BCUT2D eigenvalue weighted by Gasteiger charge is -2.18. The summed E-state index contributed by atoms with van der Waals surface area (Å²) >= 11 is 6.25. The molecule has 1 heterocycles. The first kappa shape index (κ1) is 26.6. The van der Waals surface area contributed by atoms with Crippen LogP contribution in [0.5, 0.6) is 5.75 Å². The largest absolute Gasteiger partial charge is 0.462 e. The lowest BCUT2D eigenvalue weighted by atomic mass is 10.1. The third-order valence-corrected chi connectivity index (χ3v) is 6.13. The highest BCUT2D eigenvalue weighted by Crippen LogP contribution is 2.32. The Kier molecular flexibility index (Phi) is 8.23. The fourth-order valence-electron chi connectivity index (χ4n) is 3.83. The van der Waals surface area contributed by atoms with Gasteiger partial charge in [-0.1, -0.05) is 55.8 Å². The molecule has 0 radical (unpaired) electrons. The van der Waals surface area contributed by atoms with Crippen molar-refractivity contribution in [1.82, 2.24) is 0 Å². The van der Waals surface area contributed by atoms with E-state index in [-0.39, 0.29) is 28.6 Å². The minimum absolute atomic E-state index is 0.0703. The molecule has 3 aromatic carbocycles. The molecule has 3 aromatic rings. The number of carbonyl (C=O) groups excluding carboxylic acids is 4. The molecule has 4 rings (SSSR count). The molecule has 0 saturated heterocycles. The Hall–Kier alpha value is -4.43. The van der Waals surface area contributed by atoms with Crippen molar-refractivity contribution in [1.29, 1.82) is 0 Å². The Bertz CT molecular complexity index is 1430. The molecule has 0 atom stereocenters. The number of anilines is 2. The SMILES string of the molecule is CCCOC(=O)c1ccccc1N1C(=O)C(Cl)=C(Nc2ccc(C(=O)Oc3ccccc3CC)cc2)C1=O. The standard InChI is InChI=1S/C29H25ClN2O6/c1-3-17-37-29(36)21-10-6-7-11-22(21)32-26(33)24(30)25(27(32)34)31-20-15-13-19(14-16-20)28(35)38-23-12-8-5-9-18(23)4-2/h5-16,31H,3-4,17H2,1-2H3. The number of esters is 2. The molecule has 38 heavy (non-hydrogen) atoms. The summed E-state index contributed by atoms with van der Waals surface area (Å²) in [6.45, 7) is 4.03. The van der Waals surface area contributed by atoms with Gasteiger partial charge in [0.15, 0.2) is 0 Å². The van der Waals surface area contributed by atoms with Crippen molar-refractivity contribution in [3.05, 3.63) is 100 Å². The molecule has 0 fully saturated rings. The molecule has 0 saturated carbocycles. The van der Waals surface area contributed by atoms with E-state index in [0.29, 0.717) is 23.4 Å². The number of hydrogen-bond donors (Lipinski definition) is 1. The molecule has 0 aromatic heterocycles. The molecule has 194 valence electrons. The van der Waals surface area contributed by atoms with Gasteiger partial charge in [0, 0.05) is 5.69 Å². The van der Waals surface area contributed by atoms with E-state index in [1.165, 1.54) is 24.3 Å². The molecule has 0 bridgehead atoms. The summed E-state index contributed by atoms with van der Waals surface area (Å²) in [5.41, 5.74) is 1.62. The first-order valence-electron chi connectivity index (χ1n) is 12.1. The number of nitrogens with one attached hydrogen (secondary N) is 1. The Morgan fingerprint density at radius 1 is 0.868 bits per heavy atom. The second kappa shape index (κ2) is 11.7. The van der Waals surface area contributed by atoms with Gasteiger partial charge in [0.25, 0.3) is 11.8 Å². The third kappa shape index (κ3) is 5.45. The normalized spacial score (nSPS) is 13.1. The van der Waals surface area contributed by atoms with Crippen LogP contribution >= 0.6 is 11.6 Å². The maximum Gasteiger partial charge on any atom is 0.343 e. The van der Waals surface area contributed by atoms with Gasteiger partial charge in [0.05, 0.1) is 23.4 Å².